The van der Waals surface area contributed by atoms with E-state index >= 15 is 0 Å². The first kappa shape index (κ1) is 20.8. The number of hydrogen-bond acceptors (Lipinski definition) is 5. The molecule has 0 saturated heterocycles. The predicted molar refractivity (Wildman–Crippen MR) is 112 cm³/mol. The van der Waals surface area contributed by atoms with Crippen LogP contribution in [-0.4, -0.2) is 35.7 Å². The SMILES string of the molecule is C=CCn1c(S[C@@H](C)C(=O)Nc2ccnn2C(C)C)nnc1-c1ccc(F)cc1. The fourth-order valence-corrected chi connectivity index (χ4v) is 3.60. The van der Waals surface area contributed by atoms with Gasteiger partial charge >= 0.3 is 0 Å². The Hall–Kier alpha value is -2.94. The lowest BCUT2D eigenvalue weighted by molar-refractivity contribution is -0.115. The number of amides is 1. The number of thioether (sulfide) groups is 1. The molecule has 1 atom stereocenters. The highest BCUT2D eigenvalue weighted by Gasteiger charge is 2.21. The molecule has 2 heterocycles. The Morgan fingerprint density at radius 1 is 1.24 bits per heavy atom. The van der Waals surface area contributed by atoms with Crippen LogP contribution >= 0.6 is 11.8 Å². The molecule has 152 valence electrons. The minimum Gasteiger partial charge on any atom is -0.310 e. The maximum atomic E-state index is 13.2. The Morgan fingerprint density at radius 3 is 2.62 bits per heavy atom. The summed E-state index contributed by atoms with van der Waals surface area (Å²) in [5, 5.41) is 15.8. The number of aromatic nitrogens is 5. The Balaban J connectivity index is 1.78. The van der Waals surface area contributed by atoms with Crippen LogP contribution < -0.4 is 5.32 Å². The topological polar surface area (TPSA) is 77.6 Å². The molecule has 0 radical (unpaired) electrons. The zero-order valence-corrected chi connectivity index (χ0v) is 17.4. The van der Waals surface area contributed by atoms with Crippen LogP contribution in [0.15, 0.2) is 54.3 Å². The number of carbonyl (C=O) groups excluding carboxylic acids is 1. The third kappa shape index (κ3) is 4.73. The molecule has 2 aromatic heterocycles. The first-order valence-electron chi connectivity index (χ1n) is 9.21. The van der Waals surface area contributed by atoms with Crippen molar-refractivity contribution >= 4 is 23.5 Å². The number of benzene rings is 1. The summed E-state index contributed by atoms with van der Waals surface area (Å²) in [5.74, 6) is 0.771. The fraction of sp³-hybridized carbons (Fsp3) is 0.300. The second kappa shape index (κ2) is 9.04. The Morgan fingerprint density at radius 2 is 1.97 bits per heavy atom. The van der Waals surface area contributed by atoms with Crippen molar-refractivity contribution < 1.29 is 9.18 Å². The largest absolute Gasteiger partial charge is 0.310 e. The third-order valence-electron chi connectivity index (χ3n) is 4.19. The summed E-state index contributed by atoms with van der Waals surface area (Å²) in [6.07, 6.45) is 3.38. The average Bonchev–Trinajstić information content (AvgIpc) is 3.30. The zero-order chi connectivity index (χ0) is 21.0. The van der Waals surface area contributed by atoms with Gasteiger partial charge in [-0.25, -0.2) is 9.07 Å². The van der Waals surface area contributed by atoms with Crippen LogP contribution in [0, 0.1) is 5.82 Å². The Labute approximate surface area is 173 Å². The maximum Gasteiger partial charge on any atom is 0.238 e. The number of allylic oxidation sites excluding steroid dienone is 1. The molecular weight excluding hydrogens is 391 g/mol. The molecular formula is C20H23FN6OS. The van der Waals surface area contributed by atoms with Crippen molar-refractivity contribution in [3.63, 3.8) is 0 Å². The summed E-state index contributed by atoms with van der Waals surface area (Å²) in [6.45, 7) is 10.0. The van der Waals surface area contributed by atoms with Crippen LogP contribution in [0.2, 0.25) is 0 Å². The quantitative estimate of drug-likeness (QED) is 0.442. The van der Waals surface area contributed by atoms with Gasteiger partial charge in [0.2, 0.25) is 5.91 Å². The van der Waals surface area contributed by atoms with Crippen molar-refractivity contribution in [2.75, 3.05) is 5.32 Å². The first-order chi connectivity index (χ1) is 13.9. The molecule has 9 heteroatoms. The van der Waals surface area contributed by atoms with E-state index in [4.69, 9.17) is 0 Å². The molecule has 0 unspecified atom stereocenters. The predicted octanol–water partition coefficient (Wildman–Crippen LogP) is 4.17. The second-order valence-electron chi connectivity index (χ2n) is 6.72. The molecule has 3 rings (SSSR count). The van der Waals surface area contributed by atoms with Crippen molar-refractivity contribution in [2.45, 2.75) is 43.8 Å². The molecule has 1 amide bonds. The van der Waals surface area contributed by atoms with Crippen molar-refractivity contribution in [3.05, 3.63) is 55.0 Å². The van der Waals surface area contributed by atoms with E-state index in [1.54, 1.807) is 42.1 Å². The Bertz CT molecular complexity index is 995. The van der Waals surface area contributed by atoms with Crippen molar-refractivity contribution in [1.82, 2.24) is 24.5 Å². The zero-order valence-electron chi connectivity index (χ0n) is 16.5. The van der Waals surface area contributed by atoms with Crippen LogP contribution in [-0.2, 0) is 11.3 Å². The normalized spacial score (nSPS) is 12.2. The molecule has 0 aliphatic carbocycles. The molecule has 0 spiro atoms. The van der Waals surface area contributed by atoms with Crippen molar-refractivity contribution in [2.24, 2.45) is 0 Å². The van der Waals surface area contributed by atoms with Gasteiger partial charge in [-0.15, -0.1) is 16.8 Å². The summed E-state index contributed by atoms with van der Waals surface area (Å²) in [4.78, 5) is 12.7. The molecule has 3 aromatic rings. The van der Waals surface area contributed by atoms with E-state index in [-0.39, 0.29) is 17.8 Å². The van der Waals surface area contributed by atoms with Gasteiger partial charge in [0.05, 0.1) is 11.4 Å². The molecule has 7 nitrogen and oxygen atoms in total. The lowest BCUT2D eigenvalue weighted by atomic mass is 10.2. The highest BCUT2D eigenvalue weighted by atomic mass is 32.2. The Kier molecular flexibility index (Phi) is 6.48. The molecule has 0 bridgehead atoms. The molecule has 0 saturated carbocycles. The number of rotatable bonds is 8. The van der Waals surface area contributed by atoms with Crippen LogP contribution in [0.3, 0.4) is 0 Å². The van der Waals surface area contributed by atoms with Gasteiger partial charge in [0.15, 0.2) is 11.0 Å². The minimum absolute atomic E-state index is 0.136. The number of hydrogen-bond donors (Lipinski definition) is 1. The number of nitrogens with zero attached hydrogens (tertiary/aromatic N) is 5. The van der Waals surface area contributed by atoms with E-state index in [1.165, 1.54) is 23.9 Å². The summed E-state index contributed by atoms with van der Waals surface area (Å²) in [7, 11) is 0. The third-order valence-corrected chi connectivity index (χ3v) is 5.27. The van der Waals surface area contributed by atoms with E-state index in [2.05, 4.69) is 27.2 Å². The smallest absolute Gasteiger partial charge is 0.238 e. The monoisotopic (exact) mass is 414 g/mol. The molecule has 0 aliphatic heterocycles. The first-order valence-corrected chi connectivity index (χ1v) is 10.1. The molecule has 1 aromatic carbocycles. The highest BCUT2D eigenvalue weighted by Crippen LogP contribution is 2.28. The van der Waals surface area contributed by atoms with Crippen LogP contribution in [0.25, 0.3) is 11.4 Å². The van der Waals surface area contributed by atoms with Crippen LogP contribution in [0.4, 0.5) is 10.2 Å². The molecule has 0 aliphatic rings. The molecule has 0 fully saturated rings. The van der Waals surface area contributed by atoms with Gasteiger partial charge in [-0.05, 0) is 45.0 Å². The van der Waals surface area contributed by atoms with Gasteiger partial charge < -0.3 is 5.32 Å². The van der Waals surface area contributed by atoms with E-state index in [1.807, 2.05) is 18.4 Å². The number of anilines is 1. The summed E-state index contributed by atoms with van der Waals surface area (Å²) < 4.78 is 16.8. The minimum atomic E-state index is -0.417. The van der Waals surface area contributed by atoms with Gasteiger partial charge in [-0.3, -0.25) is 9.36 Å². The van der Waals surface area contributed by atoms with Gasteiger partial charge in [-0.2, -0.15) is 5.10 Å². The standard InChI is InChI=1S/C20H23FN6OS/c1-5-12-26-18(15-6-8-16(21)9-7-15)24-25-20(26)29-14(4)19(28)23-17-10-11-22-27(17)13(2)3/h5-11,13-14H,1,12H2,2-4H3,(H,23,28)/t14-/m0/s1. The molecule has 1 N–H and O–H groups in total. The number of carbonyl (C=O) groups is 1. The van der Waals surface area contributed by atoms with Crippen molar-refractivity contribution in [1.29, 1.82) is 0 Å². The van der Waals surface area contributed by atoms with Gasteiger partial charge in [0.25, 0.3) is 0 Å². The van der Waals surface area contributed by atoms with Gasteiger partial charge in [0, 0.05) is 24.2 Å². The van der Waals surface area contributed by atoms with E-state index in [9.17, 15) is 9.18 Å². The van der Waals surface area contributed by atoms with E-state index in [0.29, 0.717) is 23.3 Å². The summed E-state index contributed by atoms with van der Waals surface area (Å²) >= 11 is 1.30. The summed E-state index contributed by atoms with van der Waals surface area (Å²) in [6, 6.07) is 7.96. The number of halogens is 1. The second-order valence-corrected chi connectivity index (χ2v) is 8.02. The van der Waals surface area contributed by atoms with Gasteiger partial charge in [-0.1, -0.05) is 17.8 Å². The maximum absolute atomic E-state index is 13.2. The van der Waals surface area contributed by atoms with Crippen LogP contribution in [0.5, 0.6) is 0 Å². The van der Waals surface area contributed by atoms with E-state index < -0.39 is 5.25 Å². The number of nitrogens with one attached hydrogen (secondary N) is 1. The fourth-order valence-electron chi connectivity index (χ4n) is 2.75. The highest BCUT2D eigenvalue weighted by molar-refractivity contribution is 8.00. The lowest BCUT2D eigenvalue weighted by Crippen LogP contribution is -2.25. The summed E-state index contributed by atoms with van der Waals surface area (Å²) in [5.41, 5.74) is 0.741. The van der Waals surface area contributed by atoms with Gasteiger partial charge in [0.1, 0.15) is 11.6 Å². The average molecular weight is 415 g/mol. The molecule has 29 heavy (non-hydrogen) atoms. The lowest BCUT2D eigenvalue weighted by Gasteiger charge is -2.15. The van der Waals surface area contributed by atoms with E-state index in [0.717, 1.165) is 5.56 Å². The van der Waals surface area contributed by atoms with Crippen molar-refractivity contribution in [3.8, 4) is 11.4 Å². The van der Waals surface area contributed by atoms with Crippen LogP contribution in [0.1, 0.15) is 26.8 Å².